The number of amides is 1. The Morgan fingerprint density at radius 2 is 1.79 bits per heavy atom. The number of benzene rings is 2. The van der Waals surface area contributed by atoms with Crippen LogP contribution < -0.4 is 5.43 Å². The van der Waals surface area contributed by atoms with Crippen LogP contribution in [0.15, 0.2) is 70.2 Å². The number of nitrogens with zero attached hydrogens (tertiary/aromatic N) is 1. The highest BCUT2D eigenvalue weighted by Gasteiger charge is 2.05. The fourth-order valence-electron chi connectivity index (χ4n) is 2.04. The van der Waals surface area contributed by atoms with Gasteiger partial charge in [0.25, 0.3) is 5.91 Å². The number of hydrazone groups is 1. The summed E-state index contributed by atoms with van der Waals surface area (Å²) in [4.78, 5) is 11.9. The van der Waals surface area contributed by atoms with Gasteiger partial charge in [-0.05, 0) is 54.6 Å². The molecule has 0 aliphatic rings. The molecule has 0 unspecified atom stereocenters. The zero-order chi connectivity index (χ0) is 16.9. The van der Waals surface area contributed by atoms with Gasteiger partial charge in [-0.1, -0.05) is 29.3 Å². The van der Waals surface area contributed by atoms with Crippen molar-refractivity contribution >= 4 is 35.3 Å². The second-order valence-corrected chi connectivity index (χ2v) is 5.79. The monoisotopic (exact) mass is 358 g/mol. The molecule has 4 nitrogen and oxygen atoms in total. The molecule has 0 saturated heterocycles. The summed E-state index contributed by atoms with van der Waals surface area (Å²) >= 11 is 11.7. The maximum absolute atomic E-state index is 11.9. The first-order chi connectivity index (χ1) is 11.6. The molecule has 1 heterocycles. The highest BCUT2D eigenvalue weighted by Crippen LogP contribution is 2.23. The van der Waals surface area contributed by atoms with Crippen molar-refractivity contribution in [3.63, 3.8) is 0 Å². The van der Waals surface area contributed by atoms with Gasteiger partial charge in [0.1, 0.15) is 11.5 Å². The van der Waals surface area contributed by atoms with Crippen LogP contribution in [0.4, 0.5) is 0 Å². The molecule has 0 spiro atoms. The second-order valence-electron chi connectivity index (χ2n) is 4.92. The molecule has 1 N–H and O–H groups in total. The SMILES string of the molecule is O=C(N/N=C\c1ccc(-c2ccc(Cl)cc2)o1)c1cccc(Cl)c1. The van der Waals surface area contributed by atoms with Gasteiger partial charge in [-0.2, -0.15) is 5.10 Å². The Morgan fingerprint density at radius 3 is 2.54 bits per heavy atom. The van der Waals surface area contributed by atoms with Crippen LogP contribution in [0, 0.1) is 0 Å². The largest absolute Gasteiger partial charge is 0.455 e. The summed E-state index contributed by atoms with van der Waals surface area (Å²) in [6.07, 6.45) is 1.43. The fraction of sp³-hybridized carbons (Fsp3) is 0. The molecule has 0 atom stereocenters. The Morgan fingerprint density at radius 1 is 1.00 bits per heavy atom. The summed E-state index contributed by atoms with van der Waals surface area (Å²) in [5.41, 5.74) is 3.76. The summed E-state index contributed by atoms with van der Waals surface area (Å²) in [7, 11) is 0. The Kier molecular flexibility index (Phi) is 4.99. The van der Waals surface area contributed by atoms with Crippen LogP contribution >= 0.6 is 23.2 Å². The third kappa shape index (κ3) is 4.04. The van der Waals surface area contributed by atoms with Gasteiger partial charge < -0.3 is 4.42 Å². The third-order valence-corrected chi connectivity index (χ3v) is 3.69. The molecular formula is C18H12Cl2N2O2. The lowest BCUT2D eigenvalue weighted by Crippen LogP contribution is -2.17. The summed E-state index contributed by atoms with van der Waals surface area (Å²) in [6.45, 7) is 0. The summed E-state index contributed by atoms with van der Waals surface area (Å²) in [6, 6.07) is 17.5. The van der Waals surface area contributed by atoms with Crippen LogP contribution in [0.1, 0.15) is 16.1 Å². The van der Waals surface area contributed by atoms with Crippen molar-refractivity contribution in [3.8, 4) is 11.3 Å². The van der Waals surface area contributed by atoms with Crippen molar-refractivity contribution in [1.29, 1.82) is 0 Å². The highest BCUT2D eigenvalue weighted by molar-refractivity contribution is 6.31. The second kappa shape index (κ2) is 7.34. The first kappa shape index (κ1) is 16.3. The van der Waals surface area contributed by atoms with E-state index in [1.807, 2.05) is 18.2 Å². The van der Waals surface area contributed by atoms with Gasteiger partial charge in [0.2, 0.25) is 0 Å². The van der Waals surface area contributed by atoms with E-state index < -0.39 is 0 Å². The van der Waals surface area contributed by atoms with Gasteiger partial charge in [-0.25, -0.2) is 5.43 Å². The van der Waals surface area contributed by atoms with Crippen molar-refractivity contribution in [1.82, 2.24) is 5.43 Å². The predicted molar refractivity (Wildman–Crippen MR) is 95.7 cm³/mol. The average molecular weight is 359 g/mol. The topological polar surface area (TPSA) is 54.6 Å². The summed E-state index contributed by atoms with van der Waals surface area (Å²) in [5, 5.41) is 5.04. The molecule has 3 rings (SSSR count). The molecule has 1 aromatic heterocycles. The number of hydrogen-bond acceptors (Lipinski definition) is 3. The quantitative estimate of drug-likeness (QED) is 0.525. The van der Waals surface area contributed by atoms with Gasteiger partial charge in [0.15, 0.2) is 0 Å². The van der Waals surface area contributed by atoms with Gasteiger partial charge >= 0.3 is 0 Å². The van der Waals surface area contributed by atoms with Gasteiger partial charge in [-0.15, -0.1) is 0 Å². The molecular weight excluding hydrogens is 347 g/mol. The van der Waals surface area contributed by atoms with Crippen molar-refractivity contribution < 1.29 is 9.21 Å². The fourth-order valence-corrected chi connectivity index (χ4v) is 2.36. The van der Waals surface area contributed by atoms with E-state index in [1.165, 1.54) is 6.21 Å². The van der Waals surface area contributed by atoms with E-state index in [2.05, 4.69) is 10.5 Å². The van der Waals surface area contributed by atoms with Gasteiger partial charge in [0, 0.05) is 21.2 Å². The molecule has 0 bridgehead atoms. The van der Waals surface area contributed by atoms with E-state index in [1.54, 1.807) is 42.5 Å². The molecule has 3 aromatic rings. The first-order valence-electron chi connectivity index (χ1n) is 7.06. The molecule has 120 valence electrons. The number of rotatable bonds is 4. The average Bonchev–Trinajstić information content (AvgIpc) is 3.04. The third-order valence-electron chi connectivity index (χ3n) is 3.20. The number of carbonyl (C=O) groups is 1. The van der Waals surface area contributed by atoms with E-state index in [0.717, 1.165) is 5.56 Å². The zero-order valence-corrected chi connectivity index (χ0v) is 13.9. The van der Waals surface area contributed by atoms with E-state index in [9.17, 15) is 4.79 Å². The Balaban J connectivity index is 1.65. The molecule has 0 fully saturated rings. The molecule has 0 radical (unpaired) electrons. The van der Waals surface area contributed by atoms with Crippen LogP contribution in [-0.2, 0) is 0 Å². The van der Waals surface area contributed by atoms with Crippen molar-refractivity contribution in [3.05, 3.63) is 82.0 Å². The molecule has 0 saturated carbocycles. The van der Waals surface area contributed by atoms with Crippen LogP contribution in [-0.4, -0.2) is 12.1 Å². The minimum atomic E-state index is -0.349. The van der Waals surface area contributed by atoms with Crippen molar-refractivity contribution in [2.45, 2.75) is 0 Å². The van der Waals surface area contributed by atoms with E-state index in [4.69, 9.17) is 27.6 Å². The molecule has 1 amide bonds. The number of carbonyl (C=O) groups excluding carboxylic acids is 1. The predicted octanol–water partition coefficient (Wildman–Crippen LogP) is 5.02. The number of furan rings is 1. The van der Waals surface area contributed by atoms with Crippen LogP contribution in [0.2, 0.25) is 10.0 Å². The van der Waals surface area contributed by atoms with E-state index in [-0.39, 0.29) is 5.91 Å². The van der Waals surface area contributed by atoms with E-state index in [0.29, 0.717) is 27.1 Å². The molecule has 0 aliphatic carbocycles. The smallest absolute Gasteiger partial charge is 0.271 e. The Hall–Kier alpha value is -2.56. The maximum Gasteiger partial charge on any atom is 0.271 e. The lowest BCUT2D eigenvalue weighted by Gasteiger charge is -1.99. The zero-order valence-electron chi connectivity index (χ0n) is 12.4. The Bertz CT molecular complexity index is 886. The molecule has 6 heteroatoms. The summed E-state index contributed by atoms with van der Waals surface area (Å²) in [5.74, 6) is 0.860. The minimum absolute atomic E-state index is 0.349. The van der Waals surface area contributed by atoms with E-state index >= 15 is 0 Å². The number of hydrogen-bond donors (Lipinski definition) is 1. The van der Waals surface area contributed by atoms with Crippen LogP contribution in [0.3, 0.4) is 0 Å². The van der Waals surface area contributed by atoms with Crippen molar-refractivity contribution in [2.24, 2.45) is 5.10 Å². The molecule has 2 aromatic carbocycles. The number of nitrogens with one attached hydrogen (secondary N) is 1. The lowest BCUT2D eigenvalue weighted by atomic mass is 10.2. The highest BCUT2D eigenvalue weighted by atomic mass is 35.5. The van der Waals surface area contributed by atoms with Crippen LogP contribution in [0.5, 0.6) is 0 Å². The standard InChI is InChI=1S/C18H12Cl2N2O2/c19-14-6-4-12(5-7-14)17-9-8-16(24-17)11-21-22-18(23)13-2-1-3-15(20)10-13/h1-11H,(H,22,23)/b21-11-. The van der Waals surface area contributed by atoms with Gasteiger partial charge in [-0.3, -0.25) is 4.79 Å². The Labute approximate surface area is 148 Å². The lowest BCUT2D eigenvalue weighted by molar-refractivity contribution is 0.0955. The first-order valence-corrected chi connectivity index (χ1v) is 7.82. The normalized spacial score (nSPS) is 10.9. The molecule has 24 heavy (non-hydrogen) atoms. The summed E-state index contributed by atoms with van der Waals surface area (Å²) < 4.78 is 5.65. The van der Waals surface area contributed by atoms with Crippen molar-refractivity contribution in [2.75, 3.05) is 0 Å². The van der Waals surface area contributed by atoms with Crippen LogP contribution in [0.25, 0.3) is 11.3 Å². The van der Waals surface area contributed by atoms with Gasteiger partial charge in [0.05, 0.1) is 6.21 Å². The molecule has 0 aliphatic heterocycles. The number of halogens is 2. The minimum Gasteiger partial charge on any atom is -0.455 e. The maximum atomic E-state index is 11.9.